The van der Waals surface area contributed by atoms with Gasteiger partial charge in [0.2, 0.25) is 0 Å². The molecule has 1 atom stereocenters. The van der Waals surface area contributed by atoms with E-state index < -0.39 is 0 Å². The molecule has 14 heavy (non-hydrogen) atoms. The van der Waals surface area contributed by atoms with Gasteiger partial charge in [0, 0.05) is 16.6 Å². The maximum atomic E-state index is 9.69. The molecule has 0 amide bonds. The molecule has 2 nitrogen and oxygen atoms in total. The van der Waals surface area contributed by atoms with Gasteiger partial charge in [-0.1, -0.05) is 18.0 Å². The zero-order chi connectivity index (χ0) is 9.97. The lowest BCUT2D eigenvalue weighted by Crippen LogP contribution is -2.26. The van der Waals surface area contributed by atoms with Crippen LogP contribution in [0.2, 0.25) is 5.02 Å². The first-order chi connectivity index (χ1) is 6.77. The molecule has 3 heteroatoms. The smallest absolute Gasteiger partial charge is 0.120 e. The second-order valence-electron chi connectivity index (χ2n) is 3.71. The third kappa shape index (κ3) is 2.02. The third-order valence-electron chi connectivity index (χ3n) is 2.68. The fourth-order valence-corrected chi connectivity index (χ4v) is 2.10. The average molecular weight is 212 g/mol. The Labute approximate surface area is 88.9 Å². The average Bonchev–Trinajstić information content (AvgIpc) is 2.23. The number of nitrogens with one attached hydrogen (secondary N) is 1. The Morgan fingerprint density at radius 3 is 2.93 bits per heavy atom. The fraction of sp³-hybridized carbons (Fsp3) is 0.455. The van der Waals surface area contributed by atoms with Crippen LogP contribution >= 0.6 is 11.6 Å². The van der Waals surface area contributed by atoms with Crippen LogP contribution in [0.1, 0.15) is 30.9 Å². The quantitative estimate of drug-likeness (QED) is 0.749. The number of hydrogen-bond donors (Lipinski definition) is 2. The number of hydrogen-bond acceptors (Lipinski definition) is 2. The summed E-state index contributed by atoms with van der Waals surface area (Å²) in [6, 6.07) is 5.49. The Morgan fingerprint density at radius 1 is 1.36 bits per heavy atom. The van der Waals surface area contributed by atoms with Crippen molar-refractivity contribution in [3.8, 4) is 5.75 Å². The van der Waals surface area contributed by atoms with E-state index in [9.17, 15) is 5.11 Å². The van der Waals surface area contributed by atoms with Crippen LogP contribution in [0.5, 0.6) is 5.75 Å². The molecule has 1 saturated heterocycles. The van der Waals surface area contributed by atoms with Crippen LogP contribution in [0.25, 0.3) is 0 Å². The van der Waals surface area contributed by atoms with Crippen molar-refractivity contribution in [3.63, 3.8) is 0 Å². The molecular weight excluding hydrogens is 198 g/mol. The molecular formula is C11H14ClNO. The number of piperidine rings is 1. The van der Waals surface area contributed by atoms with Crippen molar-refractivity contribution in [2.24, 2.45) is 0 Å². The minimum absolute atomic E-state index is 0.266. The SMILES string of the molecule is Oc1ccc(Cl)cc1[C@@H]1CCCCN1. The van der Waals surface area contributed by atoms with Gasteiger partial charge in [-0.25, -0.2) is 0 Å². The van der Waals surface area contributed by atoms with Crippen LogP contribution in [0.4, 0.5) is 0 Å². The minimum atomic E-state index is 0.266. The third-order valence-corrected chi connectivity index (χ3v) is 2.91. The lowest BCUT2D eigenvalue weighted by atomic mass is 9.97. The molecule has 1 fully saturated rings. The van der Waals surface area contributed by atoms with Crippen LogP contribution in [-0.4, -0.2) is 11.7 Å². The van der Waals surface area contributed by atoms with Crippen LogP contribution < -0.4 is 5.32 Å². The molecule has 0 bridgehead atoms. The van der Waals surface area contributed by atoms with Crippen LogP contribution in [0.3, 0.4) is 0 Å². The molecule has 0 unspecified atom stereocenters. The second kappa shape index (κ2) is 4.20. The molecule has 0 spiro atoms. The largest absolute Gasteiger partial charge is 0.508 e. The first-order valence-corrected chi connectivity index (χ1v) is 5.37. The Balaban J connectivity index is 2.24. The molecule has 0 aromatic heterocycles. The van der Waals surface area contributed by atoms with E-state index in [0.717, 1.165) is 18.5 Å². The van der Waals surface area contributed by atoms with Gasteiger partial charge in [-0.2, -0.15) is 0 Å². The summed E-state index contributed by atoms with van der Waals surface area (Å²) in [7, 11) is 0. The number of phenolic OH excluding ortho intramolecular Hbond substituents is 1. The van der Waals surface area contributed by atoms with Crippen LogP contribution in [0.15, 0.2) is 18.2 Å². The Kier molecular flexibility index (Phi) is 2.94. The normalized spacial score (nSPS) is 22.2. The first-order valence-electron chi connectivity index (χ1n) is 4.99. The standard InChI is InChI=1S/C11H14ClNO/c12-8-4-5-11(14)9(7-8)10-3-1-2-6-13-10/h4-5,7,10,13-14H,1-3,6H2/t10-/m0/s1. The lowest BCUT2D eigenvalue weighted by molar-refractivity contribution is 0.391. The summed E-state index contributed by atoms with van der Waals surface area (Å²) < 4.78 is 0. The van der Waals surface area contributed by atoms with Gasteiger partial charge in [0.1, 0.15) is 5.75 Å². The van der Waals surface area contributed by atoms with E-state index in [-0.39, 0.29) is 6.04 Å². The van der Waals surface area contributed by atoms with Crippen molar-refractivity contribution in [2.75, 3.05) is 6.54 Å². The summed E-state index contributed by atoms with van der Waals surface area (Å²) in [5.41, 5.74) is 0.928. The van der Waals surface area contributed by atoms with E-state index in [2.05, 4.69) is 5.32 Å². The molecule has 76 valence electrons. The highest BCUT2D eigenvalue weighted by Gasteiger charge is 2.17. The molecule has 1 aliphatic heterocycles. The Hall–Kier alpha value is -0.730. The van der Waals surface area contributed by atoms with Gasteiger partial charge in [0.05, 0.1) is 0 Å². The molecule has 2 N–H and O–H groups in total. The number of rotatable bonds is 1. The molecule has 1 aromatic rings. The molecule has 0 saturated carbocycles. The summed E-state index contributed by atoms with van der Waals surface area (Å²) in [6.45, 7) is 1.02. The van der Waals surface area contributed by atoms with Gasteiger partial charge in [0.15, 0.2) is 0 Å². The predicted octanol–water partition coefficient (Wildman–Crippen LogP) is 2.86. The maximum Gasteiger partial charge on any atom is 0.120 e. The van der Waals surface area contributed by atoms with Gasteiger partial charge in [0.25, 0.3) is 0 Å². The zero-order valence-electron chi connectivity index (χ0n) is 7.96. The van der Waals surface area contributed by atoms with E-state index in [4.69, 9.17) is 11.6 Å². The Bertz CT molecular complexity index is 321. The first kappa shape index (κ1) is 9.81. The lowest BCUT2D eigenvalue weighted by Gasteiger charge is -2.24. The monoisotopic (exact) mass is 211 g/mol. The molecule has 0 aliphatic carbocycles. The van der Waals surface area contributed by atoms with Gasteiger partial charge in [-0.3, -0.25) is 0 Å². The van der Waals surface area contributed by atoms with Gasteiger partial charge in [-0.15, -0.1) is 0 Å². The van der Waals surface area contributed by atoms with Gasteiger partial charge < -0.3 is 10.4 Å². The number of aromatic hydroxyl groups is 1. The van der Waals surface area contributed by atoms with Crippen molar-refractivity contribution in [1.29, 1.82) is 0 Å². The molecule has 1 heterocycles. The predicted molar refractivity (Wildman–Crippen MR) is 57.7 cm³/mol. The maximum absolute atomic E-state index is 9.69. The van der Waals surface area contributed by atoms with Gasteiger partial charge in [-0.05, 0) is 37.6 Å². The highest BCUT2D eigenvalue weighted by molar-refractivity contribution is 6.30. The summed E-state index contributed by atoms with van der Waals surface area (Å²) in [6.07, 6.45) is 3.51. The van der Waals surface area contributed by atoms with Crippen molar-refractivity contribution in [1.82, 2.24) is 5.32 Å². The topological polar surface area (TPSA) is 32.3 Å². The van der Waals surface area contributed by atoms with E-state index >= 15 is 0 Å². The summed E-state index contributed by atoms with van der Waals surface area (Å²) in [4.78, 5) is 0. The van der Waals surface area contributed by atoms with E-state index in [1.54, 1.807) is 12.1 Å². The number of benzene rings is 1. The highest BCUT2D eigenvalue weighted by atomic mass is 35.5. The van der Waals surface area contributed by atoms with Crippen LogP contribution in [-0.2, 0) is 0 Å². The summed E-state index contributed by atoms with van der Waals surface area (Å²) in [5, 5.41) is 13.8. The molecule has 1 aliphatic rings. The zero-order valence-corrected chi connectivity index (χ0v) is 8.72. The highest BCUT2D eigenvalue weighted by Crippen LogP contribution is 2.31. The summed E-state index contributed by atoms with van der Waals surface area (Å²) >= 11 is 5.90. The van der Waals surface area contributed by atoms with Crippen LogP contribution in [0, 0.1) is 0 Å². The van der Waals surface area contributed by atoms with E-state index in [1.165, 1.54) is 12.8 Å². The summed E-state index contributed by atoms with van der Waals surface area (Å²) in [5.74, 6) is 0.341. The van der Waals surface area contributed by atoms with Gasteiger partial charge >= 0.3 is 0 Å². The Morgan fingerprint density at radius 2 is 2.21 bits per heavy atom. The second-order valence-corrected chi connectivity index (χ2v) is 4.14. The number of halogens is 1. The van der Waals surface area contributed by atoms with Crippen molar-refractivity contribution in [3.05, 3.63) is 28.8 Å². The van der Waals surface area contributed by atoms with Crippen molar-refractivity contribution >= 4 is 11.6 Å². The minimum Gasteiger partial charge on any atom is -0.508 e. The van der Waals surface area contributed by atoms with Crippen molar-refractivity contribution < 1.29 is 5.11 Å². The fourth-order valence-electron chi connectivity index (χ4n) is 1.92. The number of phenols is 1. The molecule has 0 radical (unpaired) electrons. The molecule has 1 aromatic carbocycles. The van der Waals surface area contributed by atoms with Crippen molar-refractivity contribution in [2.45, 2.75) is 25.3 Å². The van der Waals surface area contributed by atoms with E-state index in [0.29, 0.717) is 10.8 Å². The molecule has 2 rings (SSSR count). The van der Waals surface area contributed by atoms with E-state index in [1.807, 2.05) is 6.07 Å².